The molecule has 1 amide bonds. The number of methoxy groups -OCH3 is 1. The third-order valence-corrected chi connectivity index (χ3v) is 4.01. The van der Waals surface area contributed by atoms with Gasteiger partial charge in [0.25, 0.3) is 11.5 Å². The SMILES string of the molecule is COc1cc(C(=O)NCc2c(C)cc(C)[nH]c2=O)cc2c1OCCO2. The lowest BCUT2D eigenvalue weighted by atomic mass is 10.1. The fourth-order valence-electron chi connectivity index (χ4n) is 2.78. The maximum Gasteiger partial charge on any atom is 0.253 e. The molecule has 0 atom stereocenters. The number of nitrogens with one attached hydrogen (secondary N) is 2. The van der Waals surface area contributed by atoms with Crippen LogP contribution < -0.4 is 25.1 Å². The van der Waals surface area contributed by atoms with Gasteiger partial charge in [-0.2, -0.15) is 0 Å². The van der Waals surface area contributed by atoms with Crippen molar-refractivity contribution in [2.45, 2.75) is 20.4 Å². The average Bonchev–Trinajstić information content (AvgIpc) is 2.59. The Morgan fingerprint density at radius 1 is 1.24 bits per heavy atom. The molecule has 1 aliphatic rings. The minimum atomic E-state index is -0.324. The highest BCUT2D eigenvalue weighted by Gasteiger charge is 2.21. The summed E-state index contributed by atoms with van der Waals surface area (Å²) in [5.41, 5.74) is 2.33. The molecule has 1 aromatic heterocycles. The molecule has 0 unspecified atom stereocenters. The van der Waals surface area contributed by atoms with Crippen molar-refractivity contribution in [3.8, 4) is 17.2 Å². The zero-order valence-electron chi connectivity index (χ0n) is 14.4. The van der Waals surface area contributed by atoms with Crippen molar-refractivity contribution < 1.29 is 19.0 Å². The van der Waals surface area contributed by atoms with Crippen molar-refractivity contribution in [1.29, 1.82) is 0 Å². The number of carbonyl (C=O) groups is 1. The molecule has 132 valence electrons. The van der Waals surface area contributed by atoms with E-state index in [4.69, 9.17) is 14.2 Å². The van der Waals surface area contributed by atoms with E-state index in [2.05, 4.69) is 10.3 Å². The van der Waals surface area contributed by atoms with E-state index in [1.165, 1.54) is 7.11 Å². The fraction of sp³-hybridized carbons (Fsp3) is 0.333. The van der Waals surface area contributed by atoms with Gasteiger partial charge in [0.1, 0.15) is 13.2 Å². The van der Waals surface area contributed by atoms with Gasteiger partial charge in [-0.15, -0.1) is 0 Å². The van der Waals surface area contributed by atoms with Gasteiger partial charge in [0, 0.05) is 23.4 Å². The van der Waals surface area contributed by atoms with E-state index in [9.17, 15) is 9.59 Å². The first-order chi connectivity index (χ1) is 12.0. The normalized spacial score (nSPS) is 12.6. The number of aryl methyl sites for hydroxylation is 2. The molecule has 25 heavy (non-hydrogen) atoms. The molecule has 1 aromatic carbocycles. The third-order valence-electron chi connectivity index (χ3n) is 4.01. The number of hydrogen-bond donors (Lipinski definition) is 2. The molecule has 0 fully saturated rings. The smallest absolute Gasteiger partial charge is 0.253 e. The highest BCUT2D eigenvalue weighted by molar-refractivity contribution is 5.95. The Bertz CT molecular complexity index is 855. The van der Waals surface area contributed by atoms with Crippen LogP contribution in [0.15, 0.2) is 23.0 Å². The lowest BCUT2D eigenvalue weighted by Crippen LogP contribution is -2.28. The minimum absolute atomic E-state index is 0.136. The molecule has 0 aliphatic carbocycles. The molecule has 0 saturated heterocycles. The number of aromatic amines is 1. The summed E-state index contributed by atoms with van der Waals surface area (Å²) in [7, 11) is 1.50. The van der Waals surface area contributed by atoms with Crippen molar-refractivity contribution in [2.24, 2.45) is 0 Å². The molecule has 0 saturated carbocycles. The molecule has 2 heterocycles. The first-order valence-corrected chi connectivity index (χ1v) is 7.95. The van der Waals surface area contributed by atoms with Crippen molar-refractivity contribution in [3.63, 3.8) is 0 Å². The van der Waals surface area contributed by atoms with Crippen LogP contribution in [0, 0.1) is 13.8 Å². The maximum absolute atomic E-state index is 12.5. The quantitative estimate of drug-likeness (QED) is 0.881. The summed E-state index contributed by atoms with van der Waals surface area (Å²) < 4.78 is 16.3. The highest BCUT2D eigenvalue weighted by Crippen LogP contribution is 2.40. The Balaban J connectivity index is 1.81. The Labute approximate surface area is 144 Å². The summed E-state index contributed by atoms with van der Waals surface area (Å²) in [6.07, 6.45) is 0. The second kappa shape index (κ2) is 6.88. The van der Waals surface area contributed by atoms with Gasteiger partial charge in [-0.25, -0.2) is 0 Å². The molecular weight excluding hydrogens is 324 g/mol. The van der Waals surface area contributed by atoms with E-state index >= 15 is 0 Å². The summed E-state index contributed by atoms with van der Waals surface area (Å²) in [5.74, 6) is 1.08. The van der Waals surface area contributed by atoms with Gasteiger partial charge >= 0.3 is 0 Å². The predicted octanol–water partition coefficient (Wildman–Crippen LogP) is 1.70. The zero-order valence-corrected chi connectivity index (χ0v) is 14.4. The van der Waals surface area contributed by atoms with E-state index in [1.54, 1.807) is 12.1 Å². The number of ether oxygens (including phenoxy) is 3. The second-order valence-corrected chi connectivity index (χ2v) is 5.83. The number of amides is 1. The maximum atomic E-state index is 12.5. The Kier molecular flexibility index (Phi) is 4.65. The number of rotatable bonds is 4. The van der Waals surface area contributed by atoms with Gasteiger partial charge in [-0.3, -0.25) is 9.59 Å². The minimum Gasteiger partial charge on any atom is -0.493 e. The lowest BCUT2D eigenvalue weighted by molar-refractivity contribution is 0.0948. The molecule has 7 heteroatoms. The number of hydrogen-bond acceptors (Lipinski definition) is 5. The average molecular weight is 344 g/mol. The second-order valence-electron chi connectivity index (χ2n) is 5.83. The topological polar surface area (TPSA) is 89.7 Å². The van der Waals surface area contributed by atoms with E-state index in [0.717, 1.165) is 11.3 Å². The number of benzene rings is 1. The standard InChI is InChI=1S/C18H20N2O5/c1-10-6-11(2)20-18(22)13(10)9-19-17(21)12-7-14(23-3)16-15(8-12)24-4-5-25-16/h6-8H,4-5,9H2,1-3H3,(H,19,21)(H,20,22). The molecule has 0 bridgehead atoms. The summed E-state index contributed by atoms with van der Waals surface area (Å²) >= 11 is 0. The summed E-state index contributed by atoms with van der Waals surface area (Å²) in [5, 5.41) is 2.76. The van der Waals surface area contributed by atoms with Crippen molar-refractivity contribution >= 4 is 5.91 Å². The highest BCUT2D eigenvalue weighted by atomic mass is 16.6. The van der Waals surface area contributed by atoms with Crippen LogP contribution >= 0.6 is 0 Å². The molecule has 1 aliphatic heterocycles. The van der Waals surface area contributed by atoms with Crippen LogP contribution in [0.4, 0.5) is 0 Å². The van der Waals surface area contributed by atoms with Gasteiger partial charge in [0.2, 0.25) is 5.75 Å². The van der Waals surface area contributed by atoms with Gasteiger partial charge < -0.3 is 24.5 Å². The largest absolute Gasteiger partial charge is 0.493 e. The Hall–Kier alpha value is -2.96. The Morgan fingerprint density at radius 3 is 2.72 bits per heavy atom. The first kappa shape index (κ1) is 16.9. The number of pyridine rings is 1. The molecule has 2 aromatic rings. The lowest BCUT2D eigenvalue weighted by Gasteiger charge is -2.21. The van der Waals surface area contributed by atoms with Gasteiger partial charge in [-0.1, -0.05) is 0 Å². The fourth-order valence-corrected chi connectivity index (χ4v) is 2.78. The molecule has 0 spiro atoms. The van der Waals surface area contributed by atoms with Crippen LogP contribution in [-0.2, 0) is 6.54 Å². The van der Waals surface area contributed by atoms with Gasteiger partial charge in [-0.05, 0) is 37.6 Å². The van der Waals surface area contributed by atoms with Crippen LogP contribution in [0.1, 0.15) is 27.2 Å². The van der Waals surface area contributed by atoms with E-state index in [1.807, 2.05) is 19.9 Å². The summed E-state index contributed by atoms with van der Waals surface area (Å²) in [6, 6.07) is 5.07. The number of aromatic nitrogens is 1. The van der Waals surface area contributed by atoms with E-state index in [-0.39, 0.29) is 18.0 Å². The van der Waals surface area contributed by atoms with Crippen molar-refractivity contribution in [1.82, 2.24) is 10.3 Å². The van der Waals surface area contributed by atoms with Crippen LogP contribution in [0.5, 0.6) is 17.2 Å². The molecular formula is C18H20N2O5. The Morgan fingerprint density at radius 2 is 2.00 bits per heavy atom. The summed E-state index contributed by atoms with van der Waals surface area (Å²) in [6.45, 7) is 4.65. The van der Waals surface area contributed by atoms with E-state index < -0.39 is 0 Å². The molecule has 3 rings (SSSR count). The van der Waals surface area contributed by atoms with Crippen LogP contribution in [-0.4, -0.2) is 31.2 Å². The number of H-pyrrole nitrogens is 1. The van der Waals surface area contributed by atoms with Crippen LogP contribution in [0.25, 0.3) is 0 Å². The van der Waals surface area contributed by atoms with Crippen molar-refractivity contribution in [2.75, 3.05) is 20.3 Å². The van der Waals surface area contributed by atoms with Gasteiger partial charge in [0.15, 0.2) is 11.5 Å². The predicted molar refractivity (Wildman–Crippen MR) is 91.7 cm³/mol. The zero-order chi connectivity index (χ0) is 18.0. The monoisotopic (exact) mass is 344 g/mol. The molecule has 0 radical (unpaired) electrons. The van der Waals surface area contributed by atoms with Crippen LogP contribution in [0.2, 0.25) is 0 Å². The van der Waals surface area contributed by atoms with E-state index in [0.29, 0.717) is 41.6 Å². The van der Waals surface area contributed by atoms with Gasteiger partial charge in [0.05, 0.1) is 7.11 Å². The first-order valence-electron chi connectivity index (χ1n) is 7.95. The van der Waals surface area contributed by atoms with Crippen LogP contribution in [0.3, 0.4) is 0 Å². The number of fused-ring (bicyclic) bond motifs is 1. The number of carbonyl (C=O) groups excluding carboxylic acids is 1. The summed E-state index contributed by atoms with van der Waals surface area (Å²) in [4.78, 5) is 27.3. The molecule has 2 N–H and O–H groups in total. The third kappa shape index (κ3) is 3.45. The molecule has 7 nitrogen and oxygen atoms in total. The van der Waals surface area contributed by atoms with Crippen molar-refractivity contribution in [3.05, 3.63) is 50.9 Å².